The fourth-order valence-electron chi connectivity index (χ4n) is 2.51. The summed E-state index contributed by atoms with van der Waals surface area (Å²) in [6.07, 6.45) is 0. The molecule has 1 aliphatic rings. The van der Waals surface area contributed by atoms with Crippen molar-refractivity contribution in [3.8, 4) is 0 Å². The minimum Gasteiger partial charge on any atom is -0.378 e. The predicted molar refractivity (Wildman–Crippen MR) is 107 cm³/mol. The number of rotatable bonds is 6. The highest BCUT2D eigenvalue weighted by atomic mass is 32.1. The third-order valence-corrected chi connectivity index (χ3v) is 5.00. The highest BCUT2D eigenvalue weighted by Gasteiger charge is 2.17. The molecule has 0 spiro atoms. The van der Waals surface area contributed by atoms with Crippen LogP contribution in [-0.2, 0) is 16.1 Å². The van der Waals surface area contributed by atoms with Gasteiger partial charge < -0.3 is 20.3 Å². The second-order valence-electron chi connectivity index (χ2n) is 6.28. The van der Waals surface area contributed by atoms with Crippen molar-refractivity contribution in [2.45, 2.75) is 6.54 Å². The van der Waals surface area contributed by atoms with E-state index in [2.05, 4.69) is 26.5 Å². The fraction of sp³-hybridized carbons (Fsp3) is 0.333. The summed E-state index contributed by atoms with van der Waals surface area (Å²) in [6, 6.07) is 5.09. The first-order chi connectivity index (χ1) is 14.5. The molecule has 4 N–H and O–H groups in total. The van der Waals surface area contributed by atoms with Crippen LogP contribution in [0.15, 0.2) is 29.6 Å². The number of carbonyl (C=O) groups excluding carboxylic acids is 3. The van der Waals surface area contributed by atoms with Crippen LogP contribution in [0.3, 0.4) is 0 Å². The van der Waals surface area contributed by atoms with Crippen molar-refractivity contribution in [1.82, 2.24) is 26.5 Å². The summed E-state index contributed by atoms with van der Waals surface area (Å²) in [6.45, 7) is 2.48. The van der Waals surface area contributed by atoms with Gasteiger partial charge >= 0.3 is 6.03 Å². The topological polar surface area (TPSA) is 125 Å². The smallest absolute Gasteiger partial charge is 0.315 e. The second kappa shape index (κ2) is 10.5. The number of thiazole rings is 1. The molecule has 1 aliphatic heterocycles. The van der Waals surface area contributed by atoms with E-state index in [1.165, 1.54) is 23.5 Å². The third kappa shape index (κ3) is 6.39. The monoisotopic (exact) mass is 436 g/mol. The van der Waals surface area contributed by atoms with Crippen LogP contribution in [0.2, 0.25) is 0 Å². The maximum atomic E-state index is 12.8. The number of morpholine rings is 1. The number of amides is 4. The van der Waals surface area contributed by atoms with E-state index in [-0.39, 0.29) is 24.6 Å². The van der Waals surface area contributed by atoms with Crippen LogP contribution in [-0.4, -0.2) is 55.7 Å². The molecular weight excluding hydrogens is 415 g/mol. The Morgan fingerprint density at radius 3 is 2.57 bits per heavy atom. The van der Waals surface area contributed by atoms with E-state index in [1.807, 2.05) is 4.90 Å². The van der Waals surface area contributed by atoms with E-state index < -0.39 is 17.8 Å². The number of nitrogens with zero attached hydrogens (tertiary/aromatic N) is 2. The van der Waals surface area contributed by atoms with Crippen LogP contribution in [0.25, 0.3) is 0 Å². The Morgan fingerprint density at radius 1 is 1.10 bits per heavy atom. The summed E-state index contributed by atoms with van der Waals surface area (Å²) in [5, 5.41) is 7.21. The Balaban J connectivity index is 1.34. The highest BCUT2D eigenvalue weighted by Crippen LogP contribution is 2.21. The van der Waals surface area contributed by atoms with Gasteiger partial charge in [0.15, 0.2) is 5.13 Å². The number of hydrazine groups is 1. The van der Waals surface area contributed by atoms with Gasteiger partial charge in [0.2, 0.25) is 0 Å². The molecule has 2 heterocycles. The van der Waals surface area contributed by atoms with Gasteiger partial charge in [0.05, 0.1) is 13.2 Å². The van der Waals surface area contributed by atoms with Gasteiger partial charge in [-0.3, -0.25) is 20.4 Å². The summed E-state index contributed by atoms with van der Waals surface area (Å²) in [7, 11) is 0. The molecular formula is C18H21FN6O4S. The average molecular weight is 436 g/mol. The number of carbonyl (C=O) groups is 3. The lowest BCUT2D eigenvalue weighted by Gasteiger charge is -2.25. The number of aromatic nitrogens is 1. The van der Waals surface area contributed by atoms with E-state index in [9.17, 15) is 18.8 Å². The molecule has 30 heavy (non-hydrogen) atoms. The van der Waals surface area contributed by atoms with Crippen LogP contribution in [0.1, 0.15) is 16.1 Å². The van der Waals surface area contributed by atoms with E-state index in [4.69, 9.17) is 4.74 Å². The van der Waals surface area contributed by atoms with E-state index in [1.54, 1.807) is 17.5 Å². The number of halogens is 1. The number of nitrogens with one attached hydrogen (secondary N) is 4. The number of urea groups is 1. The molecule has 160 valence electrons. The molecule has 1 saturated heterocycles. The number of hydrogen-bond acceptors (Lipinski definition) is 7. The highest BCUT2D eigenvalue weighted by molar-refractivity contribution is 7.13. The molecule has 0 atom stereocenters. The quantitative estimate of drug-likeness (QED) is 0.486. The molecule has 3 rings (SSSR count). The molecule has 0 radical (unpaired) electrons. The van der Waals surface area contributed by atoms with Crippen LogP contribution < -0.4 is 26.4 Å². The lowest BCUT2D eigenvalue weighted by molar-refractivity contribution is -0.120. The summed E-state index contributed by atoms with van der Waals surface area (Å²) < 4.78 is 18.1. The van der Waals surface area contributed by atoms with Gasteiger partial charge in [-0.05, 0) is 17.7 Å². The summed E-state index contributed by atoms with van der Waals surface area (Å²) >= 11 is 1.34. The van der Waals surface area contributed by atoms with Crippen molar-refractivity contribution in [2.75, 3.05) is 37.7 Å². The third-order valence-electron chi connectivity index (χ3n) is 4.10. The summed E-state index contributed by atoms with van der Waals surface area (Å²) in [5.41, 5.74) is 5.37. The molecule has 0 unspecified atom stereocenters. The Kier molecular flexibility index (Phi) is 7.51. The first-order valence-corrected chi connectivity index (χ1v) is 10.0. The standard InChI is InChI=1S/C18H21FN6O4S/c19-13-3-1-12(2-4-13)9-20-17(28)21-10-15(26)23-24-16(27)14-11-30-18(22-14)25-5-7-29-8-6-25/h1-4,11H,5-10H2,(H,23,26)(H,24,27)(H2,20,21,28). The van der Waals surface area contributed by atoms with Gasteiger partial charge in [0.1, 0.15) is 18.1 Å². The van der Waals surface area contributed by atoms with Gasteiger partial charge in [-0.1, -0.05) is 12.1 Å². The Morgan fingerprint density at radius 2 is 1.83 bits per heavy atom. The van der Waals surface area contributed by atoms with Crippen molar-refractivity contribution in [1.29, 1.82) is 0 Å². The predicted octanol–water partition coefficient (Wildman–Crippen LogP) is 0.379. The molecule has 0 aliphatic carbocycles. The lowest BCUT2D eigenvalue weighted by atomic mass is 10.2. The van der Waals surface area contributed by atoms with Gasteiger partial charge in [-0.15, -0.1) is 11.3 Å². The minimum absolute atomic E-state index is 0.180. The summed E-state index contributed by atoms with van der Waals surface area (Å²) in [4.78, 5) is 41.9. The van der Waals surface area contributed by atoms with Crippen molar-refractivity contribution < 1.29 is 23.5 Å². The van der Waals surface area contributed by atoms with E-state index in [0.717, 1.165) is 0 Å². The fourth-order valence-corrected chi connectivity index (χ4v) is 3.37. The normalized spacial score (nSPS) is 13.4. The molecule has 4 amide bonds. The number of hydrogen-bond donors (Lipinski definition) is 4. The van der Waals surface area contributed by atoms with Gasteiger partial charge in [0, 0.05) is 25.0 Å². The van der Waals surface area contributed by atoms with Gasteiger partial charge in [-0.25, -0.2) is 14.2 Å². The number of anilines is 1. The zero-order valence-corrected chi connectivity index (χ0v) is 16.8. The maximum Gasteiger partial charge on any atom is 0.315 e. The average Bonchev–Trinajstić information content (AvgIpc) is 3.27. The molecule has 0 bridgehead atoms. The first-order valence-electron chi connectivity index (χ1n) is 9.15. The lowest BCUT2D eigenvalue weighted by Crippen LogP contribution is -2.48. The van der Waals surface area contributed by atoms with Gasteiger partial charge in [-0.2, -0.15) is 0 Å². The molecule has 1 fully saturated rings. The van der Waals surface area contributed by atoms with Gasteiger partial charge in [0.25, 0.3) is 11.8 Å². The second-order valence-corrected chi connectivity index (χ2v) is 7.12. The maximum absolute atomic E-state index is 12.8. The van der Waals surface area contributed by atoms with Crippen LogP contribution in [0.4, 0.5) is 14.3 Å². The number of benzene rings is 1. The number of ether oxygens (including phenoxy) is 1. The van der Waals surface area contributed by atoms with Crippen LogP contribution in [0.5, 0.6) is 0 Å². The van der Waals surface area contributed by atoms with Crippen molar-refractivity contribution in [3.63, 3.8) is 0 Å². The largest absolute Gasteiger partial charge is 0.378 e. The zero-order chi connectivity index (χ0) is 21.3. The van der Waals surface area contributed by atoms with Crippen molar-refractivity contribution in [2.24, 2.45) is 0 Å². The molecule has 0 saturated carbocycles. The SMILES string of the molecule is O=C(CNC(=O)NCc1ccc(F)cc1)NNC(=O)c1csc(N2CCOCC2)n1. The molecule has 1 aromatic heterocycles. The van der Waals surface area contributed by atoms with Crippen LogP contribution in [0, 0.1) is 5.82 Å². The molecule has 2 aromatic rings. The summed E-state index contributed by atoms with van der Waals surface area (Å²) in [5.74, 6) is -1.53. The van der Waals surface area contributed by atoms with Crippen molar-refractivity contribution in [3.05, 3.63) is 46.7 Å². The molecule has 1 aromatic carbocycles. The molecule has 10 nitrogen and oxygen atoms in total. The van der Waals surface area contributed by atoms with E-state index in [0.29, 0.717) is 37.0 Å². The van der Waals surface area contributed by atoms with Crippen LogP contribution >= 0.6 is 11.3 Å². The first kappa shape index (κ1) is 21.5. The van der Waals surface area contributed by atoms with E-state index >= 15 is 0 Å². The zero-order valence-electron chi connectivity index (χ0n) is 15.9. The molecule has 12 heteroatoms. The van der Waals surface area contributed by atoms with Crippen molar-refractivity contribution >= 4 is 34.3 Å². The minimum atomic E-state index is -0.607. The Bertz CT molecular complexity index is 885. The Labute approximate surface area is 175 Å². The Hall–Kier alpha value is -3.25.